The number of hydrogen-bond acceptors (Lipinski definition) is 6. The first kappa shape index (κ1) is 16.3. The molecule has 1 fully saturated rings. The molecule has 118 valence electrons. The van der Waals surface area contributed by atoms with Gasteiger partial charge in [0, 0.05) is 33.7 Å². The van der Waals surface area contributed by atoms with Gasteiger partial charge in [-0.3, -0.25) is 4.98 Å². The van der Waals surface area contributed by atoms with Crippen LogP contribution in [0.15, 0.2) is 27.7 Å². The Bertz CT molecular complexity index is 839. The predicted octanol–water partition coefficient (Wildman–Crippen LogP) is 2.79. The van der Waals surface area contributed by atoms with Gasteiger partial charge in [0.15, 0.2) is 9.84 Å². The minimum absolute atomic E-state index is 0.157. The number of pyridine rings is 1. The summed E-state index contributed by atoms with van der Waals surface area (Å²) >= 11 is 10.7. The molecule has 2 N–H and O–H groups in total. The van der Waals surface area contributed by atoms with Crippen LogP contribution in [0.3, 0.4) is 0 Å². The summed E-state index contributed by atoms with van der Waals surface area (Å²) in [5.41, 5.74) is 0.468. The summed E-state index contributed by atoms with van der Waals surface area (Å²) in [6.45, 7) is 1.13. The van der Waals surface area contributed by atoms with Gasteiger partial charge in [0.25, 0.3) is 0 Å². The molecule has 3 rings (SSSR count). The molecule has 5 nitrogen and oxygen atoms in total. The van der Waals surface area contributed by atoms with Crippen LogP contribution >= 0.6 is 39.3 Å². The maximum Gasteiger partial charge on any atom is 0.196 e. The van der Waals surface area contributed by atoms with Crippen molar-refractivity contribution in [1.29, 1.82) is 0 Å². The second-order valence-electron chi connectivity index (χ2n) is 4.80. The highest BCUT2D eigenvalue weighted by molar-refractivity contribution is 9.10. The highest BCUT2D eigenvalue weighted by Gasteiger charge is 2.33. The second-order valence-corrected chi connectivity index (χ2v) is 9.80. The number of aromatic hydroxyl groups is 1. The maximum atomic E-state index is 12.7. The monoisotopic (exact) mass is 422 g/mol. The molecule has 1 aromatic carbocycles. The molecule has 1 aliphatic rings. The molecule has 2 heterocycles. The molecule has 0 aliphatic carbocycles. The number of fused-ring (bicyclic) bond motifs is 1. The zero-order valence-electron chi connectivity index (χ0n) is 11.2. The first-order valence-electron chi connectivity index (χ1n) is 6.44. The summed E-state index contributed by atoms with van der Waals surface area (Å²) in [6, 6.07) is 3.15. The van der Waals surface area contributed by atoms with E-state index in [1.807, 2.05) is 0 Å². The van der Waals surface area contributed by atoms with Crippen molar-refractivity contribution < 1.29 is 13.5 Å². The molecule has 0 saturated carbocycles. The highest BCUT2D eigenvalue weighted by Crippen LogP contribution is 2.38. The fourth-order valence-electron chi connectivity index (χ4n) is 2.29. The third-order valence-electron chi connectivity index (χ3n) is 3.37. The van der Waals surface area contributed by atoms with E-state index in [0.717, 1.165) is 6.54 Å². The van der Waals surface area contributed by atoms with Gasteiger partial charge in [-0.15, -0.1) is 11.8 Å². The molecule has 1 aliphatic heterocycles. The lowest BCUT2D eigenvalue weighted by molar-refractivity contribution is 0.464. The van der Waals surface area contributed by atoms with E-state index in [4.69, 9.17) is 11.6 Å². The molecule has 0 bridgehead atoms. The van der Waals surface area contributed by atoms with Gasteiger partial charge >= 0.3 is 0 Å². The average molecular weight is 424 g/mol. The van der Waals surface area contributed by atoms with Crippen LogP contribution < -0.4 is 5.32 Å². The minimum atomic E-state index is -3.68. The maximum absolute atomic E-state index is 12.7. The number of aromatic nitrogens is 1. The van der Waals surface area contributed by atoms with E-state index in [-0.39, 0.29) is 10.6 Å². The molecular formula is C13H12BrClN2O3S2. The van der Waals surface area contributed by atoms with Crippen LogP contribution in [-0.4, -0.2) is 41.9 Å². The van der Waals surface area contributed by atoms with Crippen LogP contribution in [-0.2, 0) is 9.84 Å². The lowest BCUT2D eigenvalue weighted by Crippen LogP contribution is -2.37. The third kappa shape index (κ3) is 2.82. The Morgan fingerprint density at radius 3 is 2.91 bits per heavy atom. The number of hydrogen-bond donors (Lipinski definition) is 2. The van der Waals surface area contributed by atoms with Gasteiger partial charge in [-0.05, 0) is 28.1 Å². The number of nitrogens with one attached hydrogen (secondary N) is 1. The van der Waals surface area contributed by atoms with Gasteiger partial charge in [0.1, 0.15) is 15.2 Å². The van der Waals surface area contributed by atoms with Crippen LogP contribution in [0.5, 0.6) is 5.75 Å². The lowest BCUT2D eigenvalue weighted by Gasteiger charge is -2.22. The smallest absolute Gasteiger partial charge is 0.196 e. The average Bonchev–Trinajstić information content (AvgIpc) is 2.49. The molecule has 1 atom stereocenters. The number of rotatable bonds is 2. The molecular weight excluding hydrogens is 412 g/mol. The molecule has 1 saturated heterocycles. The minimum Gasteiger partial charge on any atom is -0.506 e. The Morgan fingerprint density at radius 1 is 1.45 bits per heavy atom. The summed E-state index contributed by atoms with van der Waals surface area (Å²) < 4.78 is 25.4. The molecule has 2 aromatic rings. The highest BCUT2D eigenvalue weighted by atomic mass is 79.9. The van der Waals surface area contributed by atoms with Crippen molar-refractivity contribution >= 4 is 60.0 Å². The topological polar surface area (TPSA) is 79.3 Å². The zero-order chi connectivity index (χ0) is 15.9. The third-order valence-corrected chi connectivity index (χ3v) is 8.11. The Kier molecular flexibility index (Phi) is 4.57. The lowest BCUT2D eigenvalue weighted by atomic mass is 10.2. The number of nitrogens with zero attached hydrogens (tertiary/aromatic N) is 1. The van der Waals surface area contributed by atoms with E-state index in [1.165, 1.54) is 24.0 Å². The fourth-order valence-corrected chi connectivity index (χ4v) is 6.47. The van der Waals surface area contributed by atoms with Crippen LogP contribution in [0.25, 0.3) is 10.9 Å². The van der Waals surface area contributed by atoms with Crippen molar-refractivity contribution in [3.05, 3.63) is 27.8 Å². The van der Waals surface area contributed by atoms with Crippen molar-refractivity contribution in [1.82, 2.24) is 10.3 Å². The van der Waals surface area contributed by atoms with Gasteiger partial charge in [-0.1, -0.05) is 11.6 Å². The van der Waals surface area contributed by atoms with Gasteiger partial charge in [-0.25, -0.2) is 8.42 Å². The van der Waals surface area contributed by atoms with Crippen LogP contribution in [0.4, 0.5) is 0 Å². The normalized spacial score (nSPS) is 19.5. The van der Waals surface area contributed by atoms with Crippen LogP contribution in [0, 0.1) is 0 Å². The summed E-state index contributed by atoms with van der Waals surface area (Å²) in [5.74, 6) is 0.405. The Labute approximate surface area is 145 Å². The number of benzene rings is 1. The molecule has 22 heavy (non-hydrogen) atoms. The molecule has 0 radical (unpaired) electrons. The van der Waals surface area contributed by atoms with E-state index in [1.54, 1.807) is 6.07 Å². The molecule has 9 heteroatoms. The number of halogens is 2. The molecule has 0 amide bonds. The number of thioether (sulfide) groups is 1. The standard InChI is InChI=1S/C13H12BrClN2O3S2/c14-9-4-7(15)3-8-12(9)17-5-10(13(8)18)22(19,20)11-6-16-1-2-21-11/h3-5,11,16H,1-2,6H2,(H,17,18). The summed E-state index contributed by atoms with van der Waals surface area (Å²) in [4.78, 5) is 4.01. The van der Waals surface area contributed by atoms with Gasteiger partial charge in [-0.2, -0.15) is 0 Å². The van der Waals surface area contributed by atoms with Crippen LogP contribution in [0.2, 0.25) is 5.02 Å². The molecule has 1 unspecified atom stereocenters. The zero-order valence-corrected chi connectivity index (χ0v) is 15.2. The van der Waals surface area contributed by atoms with Gasteiger partial charge < -0.3 is 10.4 Å². The first-order valence-corrected chi connectivity index (χ1v) is 10.2. The SMILES string of the molecule is O=S(=O)(c1cnc2c(Br)cc(Cl)cc2c1O)C1CNCCS1. The van der Waals surface area contributed by atoms with E-state index in [9.17, 15) is 13.5 Å². The van der Waals surface area contributed by atoms with E-state index < -0.39 is 14.4 Å². The number of sulfone groups is 1. The fraction of sp³-hybridized carbons (Fsp3) is 0.308. The largest absolute Gasteiger partial charge is 0.506 e. The Morgan fingerprint density at radius 2 is 2.23 bits per heavy atom. The predicted molar refractivity (Wildman–Crippen MR) is 92.4 cm³/mol. The quantitative estimate of drug-likeness (QED) is 0.773. The second kappa shape index (κ2) is 6.16. The molecule has 1 aromatic heterocycles. The molecule has 0 spiro atoms. The summed E-state index contributed by atoms with van der Waals surface area (Å²) in [5, 5.41) is 14.2. The van der Waals surface area contributed by atoms with Crippen molar-refractivity contribution in [2.75, 3.05) is 18.8 Å². The van der Waals surface area contributed by atoms with Crippen molar-refractivity contribution in [3.63, 3.8) is 0 Å². The Hall–Kier alpha value is -0.540. The van der Waals surface area contributed by atoms with Crippen molar-refractivity contribution in [2.45, 2.75) is 9.48 Å². The van der Waals surface area contributed by atoms with Crippen molar-refractivity contribution in [3.8, 4) is 5.75 Å². The first-order chi connectivity index (χ1) is 10.4. The van der Waals surface area contributed by atoms with Gasteiger partial charge in [0.2, 0.25) is 0 Å². The summed E-state index contributed by atoms with van der Waals surface area (Å²) in [6.07, 6.45) is 1.21. The van der Waals surface area contributed by atoms with E-state index in [2.05, 4.69) is 26.2 Å². The van der Waals surface area contributed by atoms with E-state index in [0.29, 0.717) is 32.7 Å². The summed E-state index contributed by atoms with van der Waals surface area (Å²) in [7, 11) is -3.68. The van der Waals surface area contributed by atoms with Gasteiger partial charge in [0.05, 0.1) is 11.7 Å². The van der Waals surface area contributed by atoms with Crippen molar-refractivity contribution in [2.24, 2.45) is 0 Å². The van der Waals surface area contributed by atoms with E-state index >= 15 is 0 Å². The van der Waals surface area contributed by atoms with Crippen LogP contribution in [0.1, 0.15) is 0 Å². The Balaban J connectivity index is 2.17.